The van der Waals surface area contributed by atoms with E-state index < -0.39 is 0 Å². The Morgan fingerprint density at radius 2 is 1.91 bits per heavy atom. The van der Waals surface area contributed by atoms with Crippen molar-refractivity contribution in [2.45, 2.75) is 118 Å². The van der Waals surface area contributed by atoms with Crippen molar-refractivity contribution in [2.75, 3.05) is 5.88 Å². The summed E-state index contributed by atoms with van der Waals surface area (Å²) >= 11 is 5.77. The third-order valence-electron chi connectivity index (χ3n) is 10.8. The molecule has 3 heteroatoms. The molecule has 0 saturated heterocycles. The highest BCUT2D eigenvalue weighted by molar-refractivity contribution is 6.18. The Morgan fingerprint density at radius 1 is 1.12 bits per heavy atom. The molecule has 0 spiro atoms. The van der Waals surface area contributed by atoms with Crippen LogP contribution in [0.3, 0.4) is 0 Å². The minimum Gasteiger partial charge on any atom is -0.462 e. The van der Waals surface area contributed by atoms with Gasteiger partial charge in [-0.3, -0.25) is 4.79 Å². The molecule has 188 valence electrons. The quantitative estimate of drug-likeness (QED) is 0.199. The second-order valence-corrected chi connectivity index (χ2v) is 13.5. The van der Waals surface area contributed by atoms with Crippen molar-refractivity contribution in [1.29, 1.82) is 0 Å². The summed E-state index contributed by atoms with van der Waals surface area (Å²) in [4.78, 5) is 12.1. The van der Waals surface area contributed by atoms with Crippen LogP contribution in [0, 0.1) is 46.3 Å². The molecule has 0 aromatic carbocycles. The molecule has 4 aliphatic carbocycles. The summed E-state index contributed by atoms with van der Waals surface area (Å²) in [5.41, 5.74) is 2.42. The Balaban J connectivity index is 1.46. The van der Waals surface area contributed by atoms with Crippen LogP contribution in [-0.4, -0.2) is 18.0 Å². The zero-order chi connectivity index (χ0) is 23.8. The minimum absolute atomic E-state index is 0.0761. The van der Waals surface area contributed by atoms with Crippen molar-refractivity contribution >= 4 is 17.6 Å². The molecular weight excluding hydrogens is 428 g/mol. The number of carbonyl (C=O) groups is 1. The fourth-order valence-electron chi connectivity index (χ4n) is 9.17. The molecule has 0 aromatic rings. The van der Waals surface area contributed by atoms with Crippen LogP contribution in [0.1, 0.15) is 112 Å². The zero-order valence-corrected chi connectivity index (χ0v) is 22.8. The largest absolute Gasteiger partial charge is 0.462 e. The fourth-order valence-corrected chi connectivity index (χ4v) is 9.32. The van der Waals surface area contributed by atoms with E-state index in [0.717, 1.165) is 54.8 Å². The van der Waals surface area contributed by atoms with E-state index in [2.05, 4.69) is 40.7 Å². The molecule has 2 nitrogen and oxygen atoms in total. The van der Waals surface area contributed by atoms with E-state index >= 15 is 0 Å². The molecule has 0 N–H and O–H groups in total. The fraction of sp³-hybridized carbons (Fsp3) is 0.900. The molecule has 0 heterocycles. The zero-order valence-electron chi connectivity index (χ0n) is 22.0. The molecule has 0 bridgehead atoms. The topological polar surface area (TPSA) is 26.3 Å². The first kappa shape index (κ1) is 25.6. The first-order chi connectivity index (χ1) is 15.7. The van der Waals surface area contributed by atoms with Crippen molar-refractivity contribution in [2.24, 2.45) is 46.3 Å². The third-order valence-corrected chi connectivity index (χ3v) is 11.0. The van der Waals surface area contributed by atoms with Gasteiger partial charge in [0.25, 0.3) is 0 Å². The molecular formula is C30H49ClO2. The number of fused-ring (bicyclic) bond motifs is 5. The number of hydrogen-bond acceptors (Lipinski definition) is 2. The summed E-state index contributed by atoms with van der Waals surface area (Å²) < 4.78 is 5.88. The molecule has 0 unspecified atom stereocenters. The van der Waals surface area contributed by atoms with Crippen LogP contribution in [0.15, 0.2) is 11.6 Å². The predicted octanol–water partition coefficient (Wildman–Crippen LogP) is 8.57. The van der Waals surface area contributed by atoms with Crippen LogP contribution in [0.2, 0.25) is 0 Å². The molecule has 0 radical (unpaired) electrons. The number of allylic oxidation sites excluding steroid dienone is 2. The second kappa shape index (κ2) is 10.2. The summed E-state index contributed by atoms with van der Waals surface area (Å²) in [6, 6.07) is 0. The minimum atomic E-state index is -0.111. The van der Waals surface area contributed by atoms with Crippen LogP contribution in [-0.2, 0) is 9.53 Å². The van der Waals surface area contributed by atoms with Crippen LogP contribution in [0.5, 0.6) is 0 Å². The van der Waals surface area contributed by atoms with Gasteiger partial charge in [-0.2, -0.15) is 0 Å². The van der Waals surface area contributed by atoms with E-state index in [1.165, 1.54) is 51.4 Å². The van der Waals surface area contributed by atoms with Gasteiger partial charge in [-0.15, -0.1) is 11.6 Å². The van der Waals surface area contributed by atoms with Gasteiger partial charge < -0.3 is 4.74 Å². The molecule has 0 aliphatic heterocycles. The van der Waals surface area contributed by atoms with Crippen LogP contribution in [0.4, 0.5) is 0 Å². The maximum Gasteiger partial charge on any atom is 0.307 e. The summed E-state index contributed by atoms with van der Waals surface area (Å²) in [6.45, 7) is 12.5. The average Bonchev–Trinajstić information content (AvgIpc) is 3.10. The van der Waals surface area contributed by atoms with Gasteiger partial charge in [-0.1, -0.05) is 65.5 Å². The van der Waals surface area contributed by atoms with Crippen LogP contribution < -0.4 is 0 Å². The number of alkyl halides is 1. The van der Waals surface area contributed by atoms with Gasteiger partial charge in [0.15, 0.2) is 0 Å². The smallest absolute Gasteiger partial charge is 0.307 e. The highest BCUT2D eigenvalue weighted by Gasteiger charge is 2.59. The Morgan fingerprint density at radius 3 is 2.64 bits per heavy atom. The second-order valence-electron chi connectivity index (χ2n) is 13.1. The van der Waals surface area contributed by atoms with E-state index in [9.17, 15) is 4.79 Å². The Bertz CT molecular complexity index is 729. The van der Waals surface area contributed by atoms with Crippen LogP contribution in [0.25, 0.3) is 0 Å². The van der Waals surface area contributed by atoms with E-state index in [-0.39, 0.29) is 17.5 Å². The molecule has 0 aromatic heterocycles. The molecule has 3 saturated carbocycles. The number of esters is 1. The monoisotopic (exact) mass is 476 g/mol. The highest BCUT2D eigenvalue weighted by Crippen LogP contribution is 2.67. The summed E-state index contributed by atoms with van der Waals surface area (Å²) in [5, 5.41) is 0. The lowest BCUT2D eigenvalue weighted by Crippen LogP contribution is -2.51. The number of rotatable bonds is 8. The maximum absolute atomic E-state index is 12.1. The summed E-state index contributed by atoms with van der Waals surface area (Å²) in [7, 11) is 0. The van der Waals surface area contributed by atoms with E-state index in [1.54, 1.807) is 5.57 Å². The number of ether oxygens (including phenoxy) is 1. The van der Waals surface area contributed by atoms with Gasteiger partial charge in [0.2, 0.25) is 0 Å². The van der Waals surface area contributed by atoms with E-state index in [4.69, 9.17) is 16.3 Å². The Hall–Kier alpha value is -0.500. The van der Waals surface area contributed by atoms with Crippen molar-refractivity contribution in [3.63, 3.8) is 0 Å². The average molecular weight is 477 g/mol. The van der Waals surface area contributed by atoms with E-state index in [1.807, 2.05) is 0 Å². The van der Waals surface area contributed by atoms with Crippen molar-refractivity contribution < 1.29 is 9.53 Å². The maximum atomic E-state index is 12.1. The lowest BCUT2D eigenvalue weighted by atomic mass is 9.47. The van der Waals surface area contributed by atoms with Crippen LogP contribution >= 0.6 is 11.6 Å². The highest BCUT2D eigenvalue weighted by atomic mass is 35.5. The lowest BCUT2D eigenvalue weighted by Gasteiger charge is -2.58. The van der Waals surface area contributed by atoms with Gasteiger partial charge in [0, 0.05) is 5.88 Å². The van der Waals surface area contributed by atoms with Crippen molar-refractivity contribution in [3.8, 4) is 0 Å². The molecule has 4 rings (SSSR count). The lowest BCUT2D eigenvalue weighted by molar-refractivity contribution is -0.153. The van der Waals surface area contributed by atoms with E-state index in [0.29, 0.717) is 17.7 Å². The van der Waals surface area contributed by atoms with Gasteiger partial charge in [-0.25, -0.2) is 0 Å². The molecule has 4 aliphatic rings. The summed E-state index contributed by atoms with van der Waals surface area (Å²) in [6.07, 6.45) is 17.3. The van der Waals surface area contributed by atoms with Gasteiger partial charge in [-0.05, 0) is 97.7 Å². The number of carbonyl (C=O) groups excluding carboxylic acids is 1. The van der Waals surface area contributed by atoms with Gasteiger partial charge in [0.1, 0.15) is 6.10 Å². The molecule has 33 heavy (non-hydrogen) atoms. The SMILES string of the molecule is CC(C)CCC[C@H](C)[C@H]1CC[C@H]2[C@@H]3CC=C4CC[C@H](OC(=O)CCCl)C[C@]4(C)[C@H]3CC[C@]12C. The van der Waals surface area contributed by atoms with Crippen molar-refractivity contribution in [3.05, 3.63) is 11.6 Å². The normalized spacial score (nSPS) is 41.1. The predicted molar refractivity (Wildman–Crippen MR) is 138 cm³/mol. The molecule has 8 atom stereocenters. The molecule has 0 amide bonds. The first-order valence-corrected chi connectivity index (χ1v) is 14.7. The van der Waals surface area contributed by atoms with Crippen molar-refractivity contribution in [1.82, 2.24) is 0 Å². The Labute approximate surface area is 208 Å². The van der Waals surface area contributed by atoms with Gasteiger partial charge in [0.05, 0.1) is 6.42 Å². The first-order valence-electron chi connectivity index (χ1n) is 14.1. The Kier molecular flexibility index (Phi) is 7.94. The standard InChI is InChI=1S/C30H49ClO2/c1-20(2)7-6-8-21(3)25-13-14-26-24-12-10-22-9-11-23(33-28(32)16-18-31)19-30(22,5)27(24)15-17-29(25,26)4/h10,20-21,23-27H,6-9,11-19H2,1-5H3/t21-,23-,24-,25+,26-,27-,29+,30-/m0/s1. The summed E-state index contributed by atoms with van der Waals surface area (Å²) in [5.74, 6) is 5.31. The number of halogens is 1. The van der Waals surface area contributed by atoms with Gasteiger partial charge >= 0.3 is 5.97 Å². The third kappa shape index (κ3) is 4.94. The number of hydrogen-bond donors (Lipinski definition) is 0. The molecule has 3 fully saturated rings.